The fraction of sp³-hybridized carbons (Fsp3) is 0.333. The smallest absolute Gasteiger partial charge is 0.293 e. The summed E-state index contributed by atoms with van der Waals surface area (Å²) < 4.78 is 13.1. The zero-order valence-corrected chi connectivity index (χ0v) is 16.1. The fourth-order valence-corrected chi connectivity index (χ4v) is 3.47. The Bertz CT molecular complexity index is 991. The van der Waals surface area contributed by atoms with Crippen LogP contribution < -0.4 is 10.6 Å². The molecule has 2 fully saturated rings. The van der Waals surface area contributed by atoms with E-state index in [1.807, 2.05) is 0 Å². The van der Waals surface area contributed by atoms with Gasteiger partial charge in [0.15, 0.2) is 0 Å². The average Bonchev–Trinajstić information content (AvgIpc) is 3.48. The van der Waals surface area contributed by atoms with Crippen LogP contribution in [0.1, 0.15) is 35.2 Å². The zero-order chi connectivity index (χ0) is 21.3. The predicted molar refractivity (Wildman–Crippen MR) is 107 cm³/mol. The van der Waals surface area contributed by atoms with Crippen LogP contribution in [0.15, 0.2) is 42.5 Å². The summed E-state index contributed by atoms with van der Waals surface area (Å²) in [6, 6.07) is 9.70. The molecule has 1 heterocycles. The first kappa shape index (κ1) is 19.8. The number of likely N-dealkylation sites (tertiary alicyclic amines) is 1. The molecule has 0 aromatic heterocycles. The Balaban J connectivity index is 1.45. The van der Waals surface area contributed by atoms with E-state index in [1.54, 1.807) is 17.0 Å². The van der Waals surface area contributed by atoms with Crippen molar-refractivity contribution in [3.63, 3.8) is 0 Å². The van der Waals surface area contributed by atoms with Crippen molar-refractivity contribution in [1.82, 2.24) is 10.2 Å². The van der Waals surface area contributed by atoms with Gasteiger partial charge in [0.1, 0.15) is 17.5 Å². The third-order valence-corrected chi connectivity index (χ3v) is 5.28. The summed E-state index contributed by atoms with van der Waals surface area (Å²) in [5, 5.41) is 17.3. The summed E-state index contributed by atoms with van der Waals surface area (Å²) in [5.74, 6) is -0.855. The number of amides is 2. The van der Waals surface area contributed by atoms with Crippen molar-refractivity contribution in [3.05, 3.63) is 69.5 Å². The van der Waals surface area contributed by atoms with E-state index in [4.69, 9.17) is 0 Å². The van der Waals surface area contributed by atoms with Crippen LogP contribution in [0.5, 0.6) is 0 Å². The molecule has 1 atom stereocenters. The molecule has 1 unspecified atom stereocenters. The molecule has 2 N–H and O–H groups in total. The molecule has 1 aliphatic carbocycles. The largest absolute Gasteiger partial charge is 0.368 e. The number of nitrogens with zero attached hydrogens (tertiary/aromatic N) is 2. The molecular weight excluding hydrogens is 391 g/mol. The van der Waals surface area contributed by atoms with Crippen LogP contribution in [0.2, 0.25) is 0 Å². The monoisotopic (exact) mass is 412 g/mol. The Morgan fingerprint density at radius 1 is 1.17 bits per heavy atom. The van der Waals surface area contributed by atoms with Crippen molar-refractivity contribution in [2.24, 2.45) is 0 Å². The summed E-state index contributed by atoms with van der Waals surface area (Å²) in [7, 11) is 0. The van der Waals surface area contributed by atoms with Gasteiger partial charge >= 0.3 is 0 Å². The number of anilines is 1. The molecule has 0 radical (unpaired) electrons. The third-order valence-electron chi connectivity index (χ3n) is 5.28. The molecule has 4 rings (SSSR count). The van der Waals surface area contributed by atoms with E-state index in [0.29, 0.717) is 19.5 Å². The third kappa shape index (κ3) is 4.40. The first-order valence-electron chi connectivity index (χ1n) is 9.80. The van der Waals surface area contributed by atoms with Crippen molar-refractivity contribution >= 4 is 23.2 Å². The summed E-state index contributed by atoms with van der Waals surface area (Å²) in [5.41, 5.74) is 0.977. The van der Waals surface area contributed by atoms with Gasteiger partial charge in [-0.2, -0.15) is 0 Å². The lowest BCUT2D eigenvalue weighted by atomic mass is 10.1. The van der Waals surface area contributed by atoms with Crippen LogP contribution in [0.3, 0.4) is 0 Å². The van der Waals surface area contributed by atoms with Crippen LogP contribution in [-0.4, -0.2) is 40.3 Å². The SMILES string of the molecule is O=C(NC1CC1)c1ccc(NC2CCN(Cc3ccc(F)cc3)C2=O)c([N+](=O)[O-])c1. The van der Waals surface area contributed by atoms with Crippen molar-refractivity contribution in [2.45, 2.75) is 37.9 Å². The van der Waals surface area contributed by atoms with E-state index in [9.17, 15) is 24.1 Å². The topological polar surface area (TPSA) is 105 Å². The number of carbonyl (C=O) groups excluding carboxylic acids is 2. The van der Waals surface area contributed by atoms with Gasteiger partial charge in [-0.05, 0) is 49.1 Å². The summed E-state index contributed by atoms with van der Waals surface area (Å²) in [6.45, 7) is 0.837. The average molecular weight is 412 g/mol. The van der Waals surface area contributed by atoms with Crippen LogP contribution in [0, 0.1) is 15.9 Å². The molecule has 2 amide bonds. The Hall–Kier alpha value is -3.49. The van der Waals surface area contributed by atoms with Gasteiger partial charge in [0, 0.05) is 30.8 Å². The molecule has 2 aromatic carbocycles. The summed E-state index contributed by atoms with van der Waals surface area (Å²) in [4.78, 5) is 37.5. The molecule has 0 bridgehead atoms. The Morgan fingerprint density at radius 3 is 2.57 bits per heavy atom. The number of nitro groups is 1. The number of benzene rings is 2. The van der Waals surface area contributed by atoms with Gasteiger partial charge < -0.3 is 15.5 Å². The highest BCUT2D eigenvalue weighted by Crippen LogP contribution is 2.29. The van der Waals surface area contributed by atoms with Gasteiger partial charge in [-0.25, -0.2) is 4.39 Å². The lowest BCUT2D eigenvalue weighted by Gasteiger charge is -2.18. The second kappa shape index (κ2) is 8.10. The van der Waals surface area contributed by atoms with Crippen LogP contribution >= 0.6 is 0 Å². The minimum atomic E-state index is -0.602. The van der Waals surface area contributed by atoms with Crippen LogP contribution in [0.4, 0.5) is 15.8 Å². The van der Waals surface area contributed by atoms with E-state index >= 15 is 0 Å². The number of carbonyl (C=O) groups is 2. The fourth-order valence-electron chi connectivity index (χ4n) is 3.47. The molecule has 2 aliphatic rings. The van der Waals surface area contributed by atoms with Gasteiger partial charge in [-0.3, -0.25) is 19.7 Å². The second-order valence-electron chi connectivity index (χ2n) is 7.61. The summed E-state index contributed by atoms with van der Waals surface area (Å²) >= 11 is 0. The Morgan fingerprint density at radius 2 is 1.90 bits per heavy atom. The van der Waals surface area contributed by atoms with E-state index in [2.05, 4.69) is 10.6 Å². The zero-order valence-electron chi connectivity index (χ0n) is 16.1. The molecule has 30 heavy (non-hydrogen) atoms. The maximum atomic E-state index is 13.1. The van der Waals surface area contributed by atoms with Crippen LogP contribution in [0.25, 0.3) is 0 Å². The van der Waals surface area contributed by atoms with Crippen molar-refractivity contribution in [1.29, 1.82) is 0 Å². The lowest BCUT2D eigenvalue weighted by Crippen LogP contribution is -2.33. The van der Waals surface area contributed by atoms with E-state index in [0.717, 1.165) is 18.4 Å². The van der Waals surface area contributed by atoms with Crippen LogP contribution in [-0.2, 0) is 11.3 Å². The number of halogens is 1. The number of nitro benzene ring substituents is 1. The number of nitrogens with one attached hydrogen (secondary N) is 2. The van der Waals surface area contributed by atoms with Crippen molar-refractivity contribution in [3.8, 4) is 0 Å². The molecule has 1 saturated carbocycles. The first-order chi connectivity index (χ1) is 14.4. The molecular formula is C21H21FN4O4. The van der Waals surface area contributed by atoms with Gasteiger partial charge in [0.25, 0.3) is 11.6 Å². The van der Waals surface area contributed by atoms with Gasteiger partial charge in [-0.15, -0.1) is 0 Å². The molecule has 2 aromatic rings. The highest BCUT2D eigenvalue weighted by molar-refractivity contribution is 5.96. The predicted octanol–water partition coefficient (Wildman–Crippen LogP) is 2.84. The Labute approximate surface area is 172 Å². The number of rotatable bonds is 7. The number of hydrogen-bond acceptors (Lipinski definition) is 5. The maximum Gasteiger partial charge on any atom is 0.293 e. The normalized spacial score (nSPS) is 18.4. The molecule has 1 aliphatic heterocycles. The standard InChI is InChI=1S/C21H21FN4O4/c22-15-4-1-13(2-5-15)12-25-10-9-18(21(25)28)24-17-8-3-14(11-19(17)26(29)30)20(27)23-16-6-7-16/h1-5,8,11,16,18,24H,6-7,9-10,12H2,(H,23,27). The molecule has 9 heteroatoms. The highest BCUT2D eigenvalue weighted by atomic mass is 19.1. The van der Waals surface area contributed by atoms with Crippen molar-refractivity contribution < 1.29 is 18.9 Å². The molecule has 156 valence electrons. The molecule has 8 nitrogen and oxygen atoms in total. The first-order valence-corrected chi connectivity index (χ1v) is 9.80. The van der Waals surface area contributed by atoms with E-state index in [1.165, 1.54) is 30.3 Å². The molecule has 1 saturated heterocycles. The second-order valence-corrected chi connectivity index (χ2v) is 7.61. The number of hydrogen-bond donors (Lipinski definition) is 2. The van der Waals surface area contributed by atoms with Gasteiger partial charge in [0.2, 0.25) is 5.91 Å². The molecule has 0 spiro atoms. The maximum absolute atomic E-state index is 13.1. The van der Waals surface area contributed by atoms with Gasteiger partial charge in [-0.1, -0.05) is 12.1 Å². The summed E-state index contributed by atoms with van der Waals surface area (Å²) in [6.07, 6.45) is 2.33. The van der Waals surface area contributed by atoms with Gasteiger partial charge in [0.05, 0.1) is 4.92 Å². The minimum Gasteiger partial charge on any atom is -0.368 e. The van der Waals surface area contributed by atoms with E-state index < -0.39 is 11.0 Å². The quantitative estimate of drug-likeness (QED) is 0.538. The Kier molecular flexibility index (Phi) is 5.35. The lowest BCUT2D eigenvalue weighted by molar-refractivity contribution is -0.384. The minimum absolute atomic E-state index is 0.151. The van der Waals surface area contributed by atoms with Crippen molar-refractivity contribution in [2.75, 3.05) is 11.9 Å². The van der Waals surface area contributed by atoms with E-state index in [-0.39, 0.29) is 40.6 Å². The highest BCUT2D eigenvalue weighted by Gasteiger charge is 2.33.